The normalized spacial score (nSPS) is 16.0. The van der Waals surface area contributed by atoms with Crippen LogP contribution in [0.15, 0.2) is 36.0 Å². The Hall–Kier alpha value is -2.83. The summed E-state index contributed by atoms with van der Waals surface area (Å²) in [6.07, 6.45) is 6.33. The molecule has 1 aliphatic carbocycles. The summed E-state index contributed by atoms with van der Waals surface area (Å²) < 4.78 is 14.1. The molecule has 0 bridgehead atoms. The zero-order valence-electron chi connectivity index (χ0n) is 14.6. The molecule has 0 unspecified atom stereocenters. The Morgan fingerprint density at radius 3 is 2.69 bits per heavy atom. The Kier molecular flexibility index (Phi) is 5.25. The molecule has 2 aromatic heterocycles. The molecule has 0 aromatic carbocycles. The summed E-state index contributed by atoms with van der Waals surface area (Å²) >= 11 is 0. The zero-order valence-corrected chi connectivity index (χ0v) is 14.6. The summed E-state index contributed by atoms with van der Waals surface area (Å²) in [5.74, 6) is -0.666. The van der Waals surface area contributed by atoms with Gasteiger partial charge in [0.05, 0.1) is 11.4 Å². The van der Waals surface area contributed by atoms with E-state index in [1.54, 1.807) is 31.3 Å². The van der Waals surface area contributed by atoms with E-state index in [0.29, 0.717) is 30.2 Å². The SMILES string of the molecule is CCC(=Cc1ccc(NCC2(c3ncccc3F)CCC2)nn1)C(=O)O. The molecule has 6 nitrogen and oxygen atoms in total. The van der Waals surface area contributed by atoms with Gasteiger partial charge in [-0.15, -0.1) is 10.2 Å². The first-order valence-corrected chi connectivity index (χ1v) is 8.66. The number of aliphatic carboxylic acids is 1. The smallest absolute Gasteiger partial charge is 0.331 e. The predicted octanol–water partition coefficient (Wildman–Crippen LogP) is 3.42. The van der Waals surface area contributed by atoms with Crippen LogP contribution in [0.3, 0.4) is 0 Å². The highest BCUT2D eigenvalue weighted by Gasteiger charge is 2.41. The van der Waals surface area contributed by atoms with Gasteiger partial charge in [0.25, 0.3) is 0 Å². The fraction of sp³-hybridized carbons (Fsp3) is 0.368. The van der Waals surface area contributed by atoms with Gasteiger partial charge < -0.3 is 10.4 Å². The van der Waals surface area contributed by atoms with E-state index in [1.807, 2.05) is 0 Å². The summed E-state index contributed by atoms with van der Waals surface area (Å²) in [4.78, 5) is 15.3. The van der Waals surface area contributed by atoms with Gasteiger partial charge in [-0.1, -0.05) is 13.3 Å². The van der Waals surface area contributed by atoms with E-state index in [1.165, 1.54) is 12.1 Å². The third-order valence-electron chi connectivity index (χ3n) is 4.84. The molecule has 136 valence electrons. The van der Waals surface area contributed by atoms with Gasteiger partial charge in [0.1, 0.15) is 11.6 Å². The van der Waals surface area contributed by atoms with Crippen molar-refractivity contribution in [2.75, 3.05) is 11.9 Å². The number of rotatable bonds is 7. The van der Waals surface area contributed by atoms with E-state index in [-0.39, 0.29) is 16.8 Å². The summed E-state index contributed by atoms with van der Waals surface area (Å²) in [6, 6.07) is 6.49. The number of anilines is 1. The Morgan fingerprint density at radius 1 is 1.35 bits per heavy atom. The number of carboxylic acids is 1. The third kappa shape index (κ3) is 3.71. The van der Waals surface area contributed by atoms with Gasteiger partial charge in [0.2, 0.25) is 0 Å². The molecule has 3 rings (SSSR count). The van der Waals surface area contributed by atoms with Crippen molar-refractivity contribution in [2.45, 2.75) is 38.0 Å². The molecule has 0 aliphatic heterocycles. The molecule has 2 aromatic rings. The summed E-state index contributed by atoms with van der Waals surface area (Å²) in [5, 5.41) is 20.4. The largest absolute Gasteiger partial charge is 0.478 e. The summed E-state index contributed by atoms with van der Waals surface area (Å²) in [5.41, 5.74) is 0.952. The maximum atomic E-state index is 14.1. The number of aromatic nitrogens is 3. The zero-order chi connectivity index (χ0) is 18.6. The lowest BCUT2D eigenvalue weighted by atomic mass is 9.66. The van der Waals surface area contributed by atoms with Crippen molar-refractivity contribution in [3.05, 3.63) is 53.2 Å². The molecule has 0 atom stereocenters. The van der Waals surface area contributed by atoms with Crippen LogP contribution in [0.4, 0.5) is 10.2 Å². The van der Waals surface area contributed by atoms with Crippen LogP contribution in [0.25, 0.3) is 6.08 Å². The van der Waals surface area contributed by atoms with Crippen LogP contribution >= 0.6 is 0 Å². The van der Waals surface area contributed by atoms with E-state index in [9.17, 15) is 9.18 Å². The molecular weight excluding hydrogens is 335 g/mol. The number of hydrogen-bond acceptors (Lipinski definition) is 5. The van der Waals surface area contributed by atoms with Gasteiger partial charge in [-0.05, 0) is 49.6 Å². The van der Waals surface area contributed by atoms with Crippen LogP contribution in [0.2, 0.25) is 0 Å². The Morgan fingerprint density at radius 2 is 2.15 bits per heavy atom. The molecule has 0 spiro atoms. The lowest BCUT2D eigenvalue weighted by Crippen LogP contribution is -2.42. The minimum Gasteiger partial charge on any atom is -0.478 e. The lowest BCUT2D eigenvalue weighted by molar-refractivity contribution is -0.132. The summed E-state index contributed by atoms with van der Waals surface area (Å²) in [6.45, 7) is 2.30. The molecule has 1 saturated carbocycles. The third-order valence-corrected chi connectivity index (χ3v) is 4.84. The maximum absolute atomic E-state index is 14.1. The van der Waals surface area contributed by atoms with Crippen LogP contribution in [-0.4, -0.2) is 32.8 Å². The number of nitrogens with one attached hydrogen (secondary N) is 1. The fourth-order valence-electron chi connectivity index (χ4n) is 3.14. The van der Waals surface area contributed by atoms with Gasteiger partial charge in [0.15, 0.2) is 0 Å². The molecule has 0 amide bonds. The second kappa shape index (κ2) is 7.59. The van der Waals surface area contributed by atoms with Crippen LogP contribution in [0, 0.1) is 5.82 Å². The minimum absolute atomic E-state index is 0.277. The highest BCUT2D eigenvalue weighted by molar-refractivity contribution is 5.91. The maximum Gasteiger partial charge on any atom is 0.331 e. The van der Waals surface area contributed by atoms with Crippen LogP contribution < -0.4 is 5.32 Å². The van der Waals surface area contributed by atoms with Crippen molar-refractivity contribution < 1.29 is 14.3 Å². The average molecular weight is 356 g/mol. The summed E-state index contributed by atoms with van der Waals surface area (Å²) in [7, 11) is 0. The van der Waals surface area contributed by atoms with Crippen molar-refractivity contribution in [1.29, 1.82) is 0 Å². The van der Waals surface area contributed by atoms with Crippen molar-refractivity contribution in [3.63, 3.8) is 0 Å². The first-order valence-electron chi connectivity index (χ1n) is 8.66. The number of halogens is 1. The van der Waals surface area contributed by atoms with Crippen molar-refractivity contribution >= 4 is 17.9 Å². The van der Waals surface area contributed by atoms with Gasteiger partial charge in [-0.2, -0.15) is 0 Å². The number of carboxylic acid groups (broad SMARTS) is 1. The van der Waals surface area contributed by atoms with E-state index in [2.05, 4.69) is 20.5 Å². The van der Waals surface area contributed by atoms with Crippen LogP contribution in [0.5, 0.6) is 0 Å². The molecule has 1 aliphatic rings. The molecule has 2 heterocycles. The molecular formula is C19H21FN4O2. The molecule has 0 radical (unpaired) electrons. The molecule has 26 heavy (non-hydrogen) atoms. The molecule has 1 fully saturated rings. The van der Waals surface area contributed by atoms with E-state index < -0.39 is 5.97 Å². The minimum atomic E-state index is -0.958. The Bertz CT molecular complexity index is 817. The van der Waals surface area contributed by atoms with Crippen molar-refractivity contribution in [3.8, 4) is 0 Å². The van der Waals surface area contributed by atoms with Gasteiger partial charge in [0, 0.05) is 23.7 Å². The quantitative estimate of drug-likeness (QED) is 0.739. The average Bonchev–Trinajstić information content (AvgIpc) is 2.61. The second-order valence-corrected chi connectivity index (χ2v) is 6.49. The number of carbonyl (C=O) groups is 1. The topological polar surface area (TPSA) is 88.0 Å². The van der Waals surface area contributed by atoms with Crippen LogP contribution in [-0.2, 0) is 10.2 Å². The first kappa shape index (κ1) is 18.0. The number of nitrogens with zero attached hydrogens (tertiary/aromatic N) is 3. The standard InChI is InChI=1S/C19H21FN4O2/c1-2-13(18(25)26)11-14-6-7-16(24-23-14)22-12-19(8-4-9-19)17-15(20)5-3-10-21-17/h3,5-7,10-11H,2,4,8-9,12H2,1H3,(H,22,24)(H,25,26). The van der Waals surface area contributed by atoms with Gasteiger partial charge in [-0.25, -0.2) is 9.18 Å². The fourth-order valence-corrected chi connectivity index (χ4v) is 3.14. The monoisotopic (exact) mass is 356 g/mol. The van der Waals surface area contributed by atoms with Gasteiger partial charge >= 0.3 is 5.97 Å². The number of hydrogen-bond donors (Lipinski definition) is 2. The Balaban J connectivity index is 1.70. The van der Waals surface area contributed by atoms with E-state index >= 15 is 0 Å². The highest BCUT2D eigenvalue weighted by Crippen LogP contribution is 2.43. The van der Waals surface area contributed by atoms with Crippen LogP contribution in [0.1, 0.15) is 44.0 Å². The van der Waals surface area contributed by atoms with Crippen molar-refractivity contribution in [1.82, 2.24) is 15.2 Å². The predicted molar refractivity (Wildman–Crippen MR) is 96.1 cm³/mol. The highest BCUT2D eigenvalue weighted by atomic mass is 19.1. The first-order chi connectivity index (χ1) is 12.5. The van der Waals surface area contributed by atoms with Gasteiger partial charge in [-0.3, -0.25) is 4.98 Å². The Labute approximate surface area is 151 Å². The lowest BCUT2D eigenvalue weighted by Gasteiger charge is -2.41. The number of pyridine rings is 1. The van der Waals surface area contributed by atoms with E-state index in [4.69, 9.17) is 5.11 Å². The molecule has 2 N–H and O–H groups in total. The molecule has 7 heteroatoms. The molecule has 0 saturated heterocycles. The second-order valence-electron chi connectivity index (χ2n) is 6.49. The van der Waals surface area contributed by atoms with Crippen molar-refractivity contribution in [2.24, 2.45) is 0 Å². The van der Waals surface area contributed by atoms with E-state index in [0.717, 1.165) is 19.3 Å².